The standard InChI is InChI=1S/C17H29N5O2/c1-20-15(12-21-8-4-3-5-9-21)18-19-17(20)14-7-6-10-22(11-14)16(23)13-24-2/h14H,3-13H2,1-2H3/t14-/m1/s1. The minimum atomic E-state index is 0.0675. The quantitative estimate of drug-likeness (QED) is 0.808. The van der Waals surface area contributed by atoms with Gasteiger partial charge in [0, 0.05) is 33.2 Å². The van der Waals surface area contributed by atoms with Crippen molar-refractivity contribution in [3.63, 3.8) is 0 Å². The maximum atomic E-state index is 12.1. The molecular weight excluding hydrogens is 306 g/mol. The van der Waals surface area contributed by atoms with Crippen molar-refractivity contribution in [2.24, 2.45) is 7.05 Å². The van der Waals surface area contributed by atoms with Crippen molar-refractivity contribution in [2.75, 3.05) is 39.9 Å². The summed E-state index contributed by atoms with van der Waals surface area (Å²) in [5.74, 6) is 2.38. The average Bonchev–Trinajstić information content (AvgIpc) is 2.97. The lowest BCUT2D eigenvalue weighted by Gasteiger charge is -2.32. The Balaban J connectivity index is 1.64. The topological polar surface area (TPSA) is 63.5 Å². The Kier molecular flexibility index (Phi) is 5.84. The Bertz CT molecular complexity index is 553. The van der Waals surface area contributed by atoms with Crippen molar-refractivity contribution in [3.8, 4) is 0 Å². The van der Waals surface area contributed by atoms with Crippen LogP contribution in [0, 0.1) is 0 Å². The van der Waals surface area contributed by atoms with E-state index in [4.69, 9.17) is 4.74 Å². The third-order valence-electron chi connectivity index (χ3n) is 5.22. The lowest BCUT2D eigenvalue weighted by atomic mass is 9.97. The third kappa shape index (κ3) is 3.95. The second kappa shape index (κ2) is 8.07. The number of nitrogens with zero attached hydrogens (tertiary/aromatic N) is 5. The third-order valence-corrected chi connectivity index (χ3v) is 5.22. The van der Waals surface area contributed by atoms with Crippen LogP contribution in [0.1, 0.15) is 49.7 Å². The number of methoxy groups -OCH3 is 1. The molecule has 2 aliphatic rings. The first kappa shape index (κ1) is 17.4. The van der Waals surface area contributed by atoms with Crippen LogP contribution in [-0.4, -0.2) is 70.4 Å². The van der Waals surface area contributed by atoms with Gasteiger partial charge in [-0.1, -0.05) is 6.42 Å². The van der Waals surface area contributed by atoms with Gasteiger partial charge in [0.05, 0.1) is 6.54 Å². The Morgan fingerprint density at radius 2 is 1.96 bits per heavy atom. The van der Waals surface area contributed by atoms with Crippen LogP contribution in [0.15, 0.2) is 0 Å². The predicted molar refractivity (Wildman–Crippen MR) is 90.6 cm³/mol. The molecule has 2 aliphatic heterocycles. The second-order valence-corrected chi connectivity index (χ2v) is 6.98. The minimum absolute atomic E-state index is 0.0675. The van der Waals surface area contributed by atoms with Crippen LogP contribution in [0.2, 0.25) is 0 Å². The number of carbonyl (C=O) groups is 1. The molecule has 2 saturated heterocycles. The van der Waals surface area contributed by atoms with E-state index in [1.165, 1.54) is 19.3 Å². The van der Waals surface area contributed by atoms with Gasteiger partial charge in [0.15, 0.2) is 0 Å². The van der Waals surface area contributed by atoms with Crippen LogP contribution in [-0.2, 0) is 23.1 Å². The highest BCUT2D eigenvalue weighted by Crippen LogP contribution is 2.26. The number of hydrogen-bond acceptors (Lipinski definition) is 5. The minimum Gasteiger partial charge on any atom is -0.375 e. The van der Waals surface area contributed by atoms with E-state index in [1.807, 2.05) is 4.90 Å². The molecule has 1 amide bonds. The zero-order valence-corrected chi connectivity index (χ0v) is 14.9. The molecule has 3 heterocycles. The van der Waals surface area contributed by atoms with Gasteiger partial charge in [-0.15, -0.1) is 10.2 Å². The van der Waals surface area contributed by atoms with Gasteiger partial charge in [-0.3, -0.25) is 9.69 Å². The molecule has 2 fully saturated rings. The monoisotopic (exact) mass is 335 g/mol. The number of ether oxygens (including phenoxy) is 1. The van der Waals surface area contributed by atoms with E-state index in [-0.39, 0.29) is 18.4 Å². The summed E-state index contributed by atoms with van der Waals surface area (Å²) in [5, 5.41) is 8.90. The summed E-state index contributed by atoms with van der Waals surface area (Å²) >= 11 is 0. The molecule has 7 nitrogen and oxygen atoms in total. The maximum absolute atomic E-state index is 12.1. The first-order valence-corrected chi connectivity index (χ1v) is 9.06. The van der Waals surface area contributed by atoms with E-state index in [2.05, 4.69) is 26.7 Å². The molecule has 0 unspecified atom stereocenters. The van der Waals surface area contributed by atoms with Gasteiger partial charge in [0.1, 0.15) is 18.3 Å². The number of hydrogen-bond donors (Lipinski definition) is 0. The van der Waals surface area contributed by atoms with Crippen molar-refractivity contribution in [1.82, 2.24) is 24.6 Å². The molecule has 1 aromatic heterocycles. The summed E-state index contributed by atoms with van der Waals surface area (Å²) in [6, 6.07) is 0. The van der Waals surface area contributed by atoms with E-state index in [0.717, 1.165) is 57.2 Å². The molecule has 0 aliphatic carbocycles. The molecule has 3 rings (SSSR count). The summed E-state index contributed by atoms with van der Waals surface area (Å²) in [5.41, 5.74) is 0. The summed E-state index contributed by atoms with van der Waals surface area (Å²) in [4.78, 5) is 16.4. The van der Waals surface area contributed by atoms with Crippen molar-refractivity contribution in [2.45, 2.75) is 44.6 Å². The first-order valence-electron chi connectivity index (χ1n) is 9.06. The number of rotatable bonds is 5. The number of aromatic nitrogens is 3. The van der Waals surface area contributed by atoms with Crippen LogP contribution in [0.5, 0.6) is 0 Å². The lowest BCUT2D eigenvalue weighted by molar-refractivity contribution is -0.136. The van der Waals surface area contributed by atoms with Crippen molar-refractivity contribution in [1.29, 1.82) is 0 Å². The summed E-state index contributed by atoms with van der Waals surface area (Å²) < 4.78 is 7.12. The smallest absolute Gasteiger partial charge is 0.248 e. The molecule has 0 aromatic carbocycles. The SMILES string of the molecule is COCC(=O)N1CCC[C@@H](c2nnc(CN3CCCCC3)n2C)C1. The number of amides is 1. The Morgan fingerprint density at radius 1 is 1.17 bits per heavy atom. The Labute approximate surface area is 144 Å². The lowest BCUT2D eigenvalue weighted by Crippen LogP contribution is -2.41. The fourth-order valence-electron chi connectivity index (χ4n) is 3.82. The summed E-state index contributed by atoms with van der Waals surface area (Å²) in [6.45, 7) is 4.89. The fraction of sp³-hybridized carbons (Fsp3) is 0.824. The Morgan fingerprint density at radius 3 is 2.71 bits per heavy atom. The van der Waals surface area contributed by atoms with E-state index in [1.54, 1.807) is 7.11 Å². The van der Waals surface area contributed by atoms with Crippen LogP contribution < -0.4 is 0 Å². The highest BCUT2D eigenvalue weighted by molar-refractivity contribution is 5.77. The van der Waals surface area contributed by atoms with Gasteiger partial charge in [-0.25, -0.2) is 0 Å². The molecule has 0 spiro atoms. The van der Waals surface area contributed by atoms with Gasteiger partial charge in [0.25, 0.3) is 0 Å². The van der Waals surface area contributed by atoms with Crippen molar-refractivity contribution < 1.29 is 9.53 Å². The van der Waals surface area contributed by atoms with Gasteiger partial charge >= 0.3 is 0 Å². The fourth-order valence-corrected chi connectivity index (χ4v) is 3.82. The van der Waals surface area contributed by atoms with Gasteiger partial charge < -0.3 is 14.2 Å². The first-order chi connectivity index (χ1) is 11.7. The Hall–Kier alpha value is -1.47. The van der Waals surface area contributed by atoms with E-state index < -0.39 is 0 Å². The normalized spacial score (nSPS) is 22.8. The molecule has 0 bridgehead atoms. The van der Waals surface area contributed by atoms with Crippen LogP contribution in [0.3, 0.4) is 0 Å². The zero-order valence-electron chi connectivity index (χ0n) is 14.9. The number of carbonyl (C=O) groups excluding carboxylic acids is 1. The second-order valence-electron chi connectivity index (χ2n) is 6.98. The van der Waals surface area contributed by atoms with Gasteiger partial charge in [0.2, 0.25) is 5.91 Å². The molecule has 0 saturated carbocycles. The highest BCUT2D eigenvalue weighted by Gasteiger charge is 2.28. The predicted octanol–water partition coefficient (Wildman–Crippen LogP) is 1.15. The zero-order chi connectivity index (χ0) is 16.9. The van der Waals surface area contributed by atoms with Crippen molar-refractivity contribution in [3.05, 3.63) is 11.6 Å². The van der Waals surface area contributed by atoms with E-state index >= 15 is 0 Å². The molecule has 1 atom stereocenters. The van der Waals surface area contributed by atoms with Gasteiger partial charge in [-0.05, 0) is 38.8 Å². The van der Waals surface area contributed by atoms with Crippen LogP contribution in [0.4, 0.5) is 0 Å². The van der Waals surface area contributed by atoms with Crippen molar-refractivity contribution >= 4 is 5.91 Å². The van der Waals surface area contributed by atoms with E-state index in [0.29, 0.717) is 0 Å². The van der Waals surface area contributed by atoms with Crippen LogP contribution >= 0.6 is 0 Å². The number of likely N-dealkylation sites (tertiary alicyclic amines) is 2. The van der Waals surface area contributed by atoms with E-state index in [9.17, 15) is 4.79 Å². The molecular formula is C17H29N5O2. The average molecular weight is 335 g/mol. The largest absolute Gasteiger partial charge is 0.375 e. The maximum Gasteiger partial charge on any atom is 0.248 e. The van der Waals surface area contributed by atoms with Crippen LogP contribution in [0.25, 0.3) is 0 Å². The summed E-state index contributed by atoms with van der Waals surface area (Å²) in [7, 11) is 3.62. The van der Waals surface area contributed by atoms with Gasteiger partial charge in [-0.2, -0.15) is 0 Å². The molecule has 24 heavy (non-hydrogen) atoms. The molecule has 1 aromatic rings. The molecule has 7 heteroatoms. The summed E-state index contributed by atoms with van der Waals surface area (Å²) in [6.07, 6.45) is 5.97. The molecule has 0 N–H and O–H groups in total. The highest BCUT2D eigenvalue weighted by atomic mass is 16.5. The number of piperidine rings is 2. The molecule has 0 radical (unpaired) electrons. The molecule has 134 valence electrons.